The van der Waals surface area contributed by atoms with Gasteiger partial charge in [-0.3, -0.25) is 9.69 Å². The number of nitrogens with one attached hydrogen (secondary N) is 2. The first-order valence-corrected chi connectivity index (χ1v) is 5.63. The van der Waals surface area contributed by atoms with E-state index in [1.54, 1.807) is 0 Å². The molecule has 8 heteroatoms. The van der Waals surface area contributed by atoms with Gasteiger partial charge in [0.15, 0.2) is 5.54 Å². The summed E-state index contributed by atoms with van der Waals surface area (Å²) in [5, 5.41) is 6.16. The summed E-state index contributed by atoms with van der Waals surface area (Å²) in [6.45, 7) is 1.97. The van der Waals surface area contributed by atoms with E-state index < -0.39 is 23.5 Å². The molecule has 8 nitrogen and oxygen atoms in total. The van der Waals surface area contributed by atoms with Gasteiger partial charge in [-0.1, -0.05) is 19.8 Å². The Balaban J connectivity index is 2.89. The highest BCUT2D eigenvalue weighted by molar-refractivity contribution is 6.16. The number of hydrazone groups is 1. The lowest BCUT2D eigenvalue weighted by Gasteiger charge is -2.21. The molecular formula is C10H17N5O3. The second kappa shape index (κ2) is 5.48. The van der Waals surface area contributed by atoms with Crippen LogP contribution >= 0.6 is 0 Å². The van der Waals surface area contributed by atoms with Gasteiger partial charge in [0.1, 0.15) is 0 Å². The minimum Gasteiger partial charge on any atom is -0.350 e. The highest BCUT2D eigenvalue weighted by Gasteiger charge is 2.48. The Morgan fingerprint density at radius 1 is 1.61 bits per heavy atom. The summed E-state index contributed by atoms with van der Waals surface area (Å²) in [5.74, 6) is -0.393. The van der Waals surface area contributed by atoms with E-state index in [9.17, 15) is 14.4 Å². The van der Waals surface area contributed by atoms with Crippen molar-refractivity contribution in [1.29, 1.82) is 0 Å². The molecule has 0 aromatic rings. The second-order valence-electron chi connectivity index (χ2n) is 4.10. The number of carbonyl (C=O) groups excluding carboxylic acids is 3. The molecule has 1 fully saturated rings. The number of primary amides is 1. The zero-order valence-electron chi connectivity index (χ0n) is 10.4. The lowest BCUT2D eigenvalue weighted by molar-refractivity contribution is -0.128. The molecule has 0 aromatic carbocycles. The Kier molecular flexibility index (Phi) is 4.24. The molecular weight excluding hydrogens is 238 g/mol. The normalized spacial score (nSPS) is 23.6. The van der Waals surface area contributed by atoms with Crippen molar-refractivity contribution in [3.8, 4) is 0 Å². The van der Waals surface area contributed by atoms with Gasteiger partial charge in [0.2, 0.25) is 0 Å². The molecule has 0 spiro atoms. The molecule has 0 bridgehead atoms. The van der Waals surface area contributed by atoms with Crippen LogP contribution in [0, 0.1) is 0 Å². The molecule has 1 aliphatic rings. The van der Waals surface area contributed by atoms with Crippen molar-refractivity contribution in [2.75, 3.05) is 7.05 Å². The fourth-order valence-electron chi connectivity index (χ4n) is 1.70. The summed E-state index contributed by atoms with van der Waals surface area (Å²) in [6, 6.07) is -1.32. The molecule has 1 atom stereocenters. The maximum Gasteiger partial charge on any atom is 0.332 e. The van der Waals surface area contributed by atoms with E-state index in [2.05, 4.69) is 10.4 Å². The highest BCUT2D eigenvalue weighted by atomic mass is 16.2. The average Bonchev–Trinajstić information content (AvgIpc) is 2.52. The Morgan fingerprint density at radius 3 is 2.72 bits per heavy atom. The maximum atomic E-state index is 12.0. The van der Waals surface area contributed by atoms with Gasteiger partial charge in [-0.2, -0.15) is 5.10 Å². The molecule has 18 heavy (non-hydrogen) atoms. The number of rotatable bonds is 5. The van der Waals surface area contributed by atoms with Crippen LogP contribution in [0.1, 0.15) is 26.2 Å². The molecule has 0 saturated carbocycles. The molecule has 1 saturated heterocycles. The minimum atomic E-state index is -1.19. The summed E-state index contributed by atoms with van der Waals surface area (Å²) in [4.78, 5) is 35.0. The van der Waals surface area contributed by atoms with Crippen molar-refractivity contribution in [2.24, 2.45) is 10.8 Å². The summed E-state index contributed by atoms with van der Waals surface area (Å²) in [7, 11) is 1.39. The van der Waals surface area contributed by atoms with Crippen LogP contribution < -0.4 is 16.5 Å². The number of amides is 5. The van der Waals surface area contributed by atoms with Gasteiger partial charge in [-0.05, 0) is 6.42 Å². The zero-order chi connectivity index (χ0) is 13.8. The van der Waals surface area contributed by atoms with Crippen LogP contribution in [-0.4, -0.2) is 41.7 Å². The van der Waals surface area contributed by atoms with Crippen molar-refractivity contribution in [3.05, 3.63) is 0 Å². The average molecular weight is 255 g/mol. The van der Waals surface area contributed by atoms with Crippen molar-refractivity contribution < 1.29 is 14.4 Å². The third-order valence-electron chi connectivity index (χ3n) is 2.71. The second-order valence-corrected chi connectivity index (χ2v) is 4.10. The van der Waals surface area contributed by atoms with Crippen LogP contribution in [0.4, 0.5) is 9.59 Å². The number of carbonyl (C=O) groups is 3. The van der Waals surface area contributed by atoms with Crippen LogP contribution in [0.2, 0.25) is 0 Å². The smallest absolute Gasteiger partial charge is 0.332 e. The lowest BCUT2D eigenvalue weighted by atomic mass is 9.94. The number of unbranched alkanes of at least 4 members (excludes halogenated alkanes) is 1. The number of nitrogens with two attached hydrogens (primary N) is 1. The Morgan fingerprint density at radius 2 is 2.28 bits per heavy atom. The lowest BCUT2D eigenvalue weighted by Crippen LogP contribution is -2.49. The van der Waals surface area contributed by atoms with Crippen molar-refractivity contribution >= 4 is 24.2 Å². The van der Waals surface area contributed by atoms with Gasteiger partial charge in [0, 0.05) is 7.05 Å². The number of imide groups is 1. The summed E-state index contributed by atoms with van der Waals surface area (Å²) in [5.41, 5.74) is 5.68. The molecule has 5 amide bonds. The molecule has 1 aliphatic heterocycles. The summed E-state index contributed by atoms with van der Waals surface area (Å²) < 4.78 is 0. The van der Waals surface area contributed by atoms with Gasteiger partial charge in [0.05, 0.1) is 6.21 Å². The zero-order valence-corrected chi connectivity index (χ0v) is 10.4. The Hall–Kier alpha value is -2.12. The van der Waals surface area contributed by atoms with Crippen molar-refractivity contribution in [2.45, 2.75) is 31.7 Å². The van der Waals surface area contributed by atoms with Crippen LogP contribution in [-0.2, 0) is 4.79 Å². The molecule has 1 unspecified atom stereocenters. The van der Waals surface area contributed by atoms with Crippen LogP contribution in [0.25, 0.3) is 0 Å². The predicted molar refractivity (Wildman–Crippen MR) is 64.8 cm³/mol. The first kappa shape index (κ1) is 13.9. The van der Waals surface area contributed by atoms with Crippen LogP contribution in [0.5, 0.6) is 0 Å². The van der Waals surface area contributed by atoms with Gasteiger partial charge >= 0.3 is 12.1 Å². The number of hydrogen-bond acceptors (Lipinski definition) is 4. The fourth-order valence-corrected chi connectivity index (χ4v) is 1.70. The number of urea groups is 2. The first-order valence-electron chi connectivity index (χ1n) is 5.63. The Labute approximate surface area is 105 Å². The van der Waals surface area contributed by atoms with Gasteiger partial charge in [0.25, 0.3) is 5.91 Å². The molecule has 0 radical (unpaired) electrons. The standard InChI is InChI=1S/C10H17N5O3/c1-3-4-5-10(6-12-14-8(11)17)7(16)15(2)9(18)13-10/h6H,3-5H2,1-2H3,(H,13,18)(H3,11,14,17)/b12-6+. The molecule has 100 valence electrons. The molecule has 1 heterocycles. The van der Waals surface area contributed by atoms with Crippen molar-refractivity contribution in [1.82, 2.24) is 15.6 Å². The third kappa shape index (κ3) is 2.76. The SMILES string of the molecule is CCCCC1(/C=N/NC(N)=O)NC(=O)N(C)C1=O. The summed E-state index contributed by atoms with van der Waals surface area (Å²) in [6.07, 6.45) is 3.24. The van der Waals surface area contributed by atoms with E-state index >= 15 is 0 Å². The van der Waals surface area contributed by atoms with E-state index in [4.69, 9.17) is 5.73 Å². The van der Waals surface area contributed by atoms with E-state index in [0.717, 1.165) is 17.7 Å². The first-order chi connectivity index (χ1) is 8.43. The van der Waals surface area contributed by atoms with Crippen LogP contribution in [0.15, 0.2) is 5.10 Å². The third-order valence-corrected chi connectivity index (χ3v) is 2.71. The minimum absolute atomic E-state index is 0.393. The Bertz CT molecular complexity index is 395. The van der Waals surface area contributed by atoms with Gasteiger partial charge in [-0.15, -0.1) is 0 Å². The number of hydrogen-bond donors (Lipinski definition) is 3. The van der Waals surface area contributed by atoms with E-state index in [-0.39, 0.29) is 0 Å². The largest absolute Gasteiger partial charge is 0.350 e. The topological polar surface area (TPSA) is 117 Å². The predicted octanol–water partition coefficient (Wildman–Crippen LogP) is -0.249. The molecule has 1 rings (SSSR count). The summed E-state index contributed by atoms with van der Waals surface area (Å²) >= 11 is 0. The van der Waals surface area contributed by atoms with E-state index in [1.165, 1.54) is 13.3 Å². The maximum absolute atomic E-state index is 12.0. The van der Waals surface area contributed by atoms with Gasteiger partial charge in [-0.25, -0.2) is 15.0 Å². The van der Waals surface area contributed by atoms with Crippen molar-refractivity contribution in [3.63, 3.8) is 0 Å². The van der Waals surface area contributed by atoms with Crippen LogP contribution in [0.3, 0.4) is 0 Å². The van der Waals surface area contributed by atoms with Gasteiger partial charge < -0.3 is 11.1 Å². The highest BCUT2D eigenvalue weighted by Crippen LogP contribution is 2.21. The molecule has 4 N–H and O–H groups in total. The quantitative estimate of drug-likeness (QED) is 0.357. The molecule has 0 aromatic heterocycles. The van der Waals surface area contributed by atoms with E-state index in [1.807, 2.05) is 12.3 Å². The molecule has 0 aliphatic carbocycles. The number of nitrogens with zero attached hydrogens (tertiary/aromatic N) is 2. The number of likely N-dealkylation sites (N-methyl/N-ethyl adjacent to an activating group) is 1. The monoisotopic (exact) mass is 255 g/mol. The fraction of sp³-hybridized carbons (Fsp3) is 0.600. The van der Waals surface area contributed by atoms with E-state index in [0.29, 0.717) is 6.42 Å².